The Balaban J connectivity index is 1.80. The number of aryl methyl sites for hydroxylation is 1. The first kappa shape index (κ1) is 13.8. The normalized spacial score (nSPS) is 23.5. The lowest BCUT2D eigenvalue weighted by molar-refractivity contribution is 0.414. The number of hydrazine groups is 1. The molecule has 0 aliphatic carbocycles. The Morgan fingerprint density at radius 2 is 2.14 bits per heavy atom. The summed E-state index contributed by atoms with van der Waals surface area (Å²) in [5.41, 5.74) is 6.18. The van der Waals surface area contributed by atoms with E-state index in [1.807, 2.05) is 14.1 Å². The summed E-state index contributed by atoms with van der Waals surface area (Å²) in [7, 11) is 3.86. The largest absolute Gasteiger partial charge is 0.339 e. The van der Waals surface area contributed by atoms with E-state index in [1.165, 1.54) is 17.7 Å². The summed E-state index contributed by atoms with van der Waals surface area (Å²) < 4.78 is 0. The Kier molecular flexibility index (Phi) is 3.73. The summed E-state index contributed by atoms with van der Waals surface area (Å²) in [5, 5.41) is 5.57. The highest BCUT2D eigenvalue weighted by Crippen LogP contribution is 2.25. The fourth-order valence-corrected chi connectivity index (χ4v) is 2.87. The number of para-hydroxylation sites is 1. The van der Waals surface area contributed by atoms with E-state index in [4.69, 9.17) is 0 Å². The van der Waals surface area contributed by atoms with Crippen molar-refractivity contribution in [3.8, 4) is 0 Å². The third-order valence-electron chi connectivity index (χ3n) is 4.18. The van der Waals surface area contributed by atoms with Gasteiger partial charge in [-0.25, -0.2) is 0 Å². The van der Waals surface area contributed by atoms with E-state index in [2.05, 4.69) is 62.9 Å². The van der Waals surface area contributed by atoms with E-state index in [1.54, 1.807) is 0 Å². The zero-order valence-electron chi connectivity index (χ0n) is 12.9. The Morgan fingerprint density at radius 1 is 1.33 bits per heavy atom. The first-order valence-electron chi connectivity index (χ1n) is 7.49. The standard InChI is InChI=1S/C16H23N5/c1-12-11-15(18-16(17-2)20(12)3)19-21-10-6-8-13-7-4-5-9-14(13)21/h4-5,7,9,11-12,19H,6,8,10H2,1-3H3,(H,17,18). The minimum Gasteiger partial charge on any atom is -0.339 e. The molecule has 21 heavy (non-hydrogen) atoms. The lowest BCUT2D eigenvalue weighted by Gasteiger charge is -2.37. The number of hydrogen-bond acceptors (Lipinski definition) is 3. The zero-order chi connectivity index (χ0) is 14.8. The number of nitrogens with one attached hydrogen (secondary N) is 2. The minimum absolute atomic E-state index is 0.312. The second-order valence-electron chi connectivity index (χ2n) is 5.60. The molecule has 3 rings (SSSR count). The number of anilines is 1. The topological polar surface area (TPSA) is 42.9 Å². The molecule has 2 N–H and O–H groups in total. The van der Waals surface area contributed by atoms with E-state index in [-0.39, 0.29) is 0 Å². The van der Waals surface area contributed by atoms with Gasteiger partial charge in [0.1, 0.15) is 5.82 Å². The monoisotopic (exact) mass is 285 g/mol. The molecule has 112 valence electrons. The van der Waals surface area contributed by atoms with Gasteiger partial charge >= 0.3 is 0 Å². The molecule has 0 fully saturated rings. The van der Waals surface area contributed by atoms with Crippen LogP contribution in [0.5, 0.6) is 0 Å². The molecule has 1 unspecified atom stereocenters. The highest BCUT2D eigenvalue weighted by atomic mass is 15.5. The fourth-order valence-electron chi connectivity index (χ4n) is 2.87. The van der Waals surface area contributed by atoms with Crippen molar-refractivity contribution in [2.45, 2.75) is 25.8 Å². The molecule has 0 spiro atoms. The van der Waals surface area contributed by atoms with Crippen molar-refractivity contribution in [3.63, 3.8) is 0 Å². The van der Waals surface area contributed by atoms with Crippen molar-refractivity contribution in [3.05, 3.63) is 41.7 Å². The molecule has 1 aromatic carbocycles. The van der Waals surface area contributed by atoms with E-state index in [9.17, 15) is 0 Å². The summed E-state index contributed by atoms with van der Waals surface area (Å²) in [6.07, 6.45) is 4.51. The highest BCUT2D eigenvalue weighted by Gasteiger charge is 2.22. The number of likely N-dealkylation sites (N-methyl/N-ethyl adjacent to an activating group) is 1. The van der Waals surface area contributed by atoms with Gasteiger partial charge in [-0.05, 0) is 37.5 Å². The van der Waals surface area contributed by atoms with Gasteiger partial charge in [-0.1, -0.05) is 18.2 Å². The molecule has 1 aromatic rings. The van der Waals surface area contributed by atoms with Gasteiger partial charge in [-0.2, -0.15) is 0 Å². The van der Waals surface area contributed by atoms with Crippen LogP contribution in [0.1, 0.15) is 18.9 Å². The van der Waals surface area contributed by atoms with E-state index in [0.717, 1.165) is 24.7 Å². The molecule has 5 nitrogen and oxygen atoms in total. The predicted octanol–water partition coefficient (Wildman–Crippen LogP) is 1.69. The van der Waals surface area contributed by atoms with Crippen LogP contribution in [0.4, 0.5) is 5.69 Å². The van der Waals surface area contributed by atoms with Crippen LogP contribution in [0.3, 0.4) is 0 Å². The molecule has 1 atom stereocenters. The number of nitrogens with zero attached hydrogens (tertiary/aromatic N) is 3. The Bertz CT molecular complexity index is 578. The van der Waals surface area contributed by atoms with Crippen LogP contribution in [0.2, 0.25) is 0 Å². The van der Waals surface area contributed by atoms with Gasteiger partial charge in [0, 0.05) is 20.6 Å². The van der Waals surface area contributed by atoms with Crippen molar-refractivity contribution >= 4 is 11.6 Å². The van der Waals surface area contributed by atoms with Crippen LogP contribution in [0.15, 0.2) is 41.2 Å². The van der Waals surface area contributed by atoms with E-state index >= 15 is 0 Å². The molecular weight excluding hydrogens is 262 g/mol. The molecule has 0 bridgehead atoms. The van der Waals surface area contributed by atoms with Crippen LogP contribution in [0.25, 0.3) is 0 Å². The minimum atomic E-state index is 0.312. The summed E-state index contributed by atoms with van der Waals surface area (Å²) in [5.74, 6) is 1.88. The highest BCUT2D eigenvalue weighted by molar-refractivity contribution is 5.83. The number of aliphatic imine (C=N–C) groups is 1. The number of guanidine groups is 1. The van der Waals surface area contributed by atoms with Gasteiger partial charge in [0.05, 0.1) is 11.7 Å². The molecule has 0 radical (unpaired) electrons. The average molecular weight is 285 g/mol. The Labute approximate surface area is 126 Å². The Morgan fingerprint density at radius 3 is 2.95 bits per heavy atom. The first-order valence-corrected chi connectivity index (χ1v) is 7.49. The molecule has 2 aliphatic heterocycles. The van der Waals surface area contributed by atoms with Crippen molar-refractivity contribution in [1.82, 2.24) is 15.6 Å². The van der Waals surface area contributed by atoms with Crippen molar-refractivity contribution in [2.75, 3.05) is 25.6 Å². The lowest BCUT2D eigenvalue weighted by Crippen LogP contribution is -2.53. The van der Waals surface area contributed by atoms with Crippen LogP contribution in [-0.2, 0) is 6.42 Å². The number of benzene rings is 1. The van der Waals surface area contributed by atoms with Crippen LogP contribution in [0, 0.1) is 0 Å². The van der Waals surface area contributed by atoms with Gasteiger partial charge in [-0.3, -0.25) is 15.4 Å². The average Bonchev–Trinajstić information content (AvgIpc) is 2.51. The molecule has 0 saturated carbocycles. The molecular formula is C16H23N5. The zero-order valence-corrected chi connectivity index (χ0v) is 12.9. The summed E-state index contributed by atoms with van der Waals surface area (Å²) in [6.45, 7) is 3.18. The van der Waals surface area contributed by atoms with E-state index < -0.39 is 0 Å². The van der Waals surface area contributed by atoms with Gasteiger partial charge in [0.15, 0.2) is 5.96 Å². The van der Waals surface area contributed by atoms with Crippen LogP contribution < -0.4 is 15.8 Å². The van der Waals surface area contributed by atoms with Crippen LogP contribution in [-0.4, -0.2) is 37.5 Å². The van der Waals surface area contributed by atoms with Crippen LogP contribution >= 0.6 is 0 Å². The first-order chi connectivity index (χ1) is 10.2. The van der Waals surface area contributed by atoms with Gasteiger partial charge < -0.3 is 10.2 Å². The maximum atomic E-state index is 4.30. The maximum absolute atomic E-state index is 4.30. The number of hydrogen-bond donors (Lipinski definition) is 2. The SMILES string of the molecule is CN=C1NC(NN2CCCc3ccccc32)=CC(C)N1C. The van der Waals surface area contributed by atoms with E-state index in [0.29, 0.717) is 6.04 Å². The third-order valence-corrected chi connectivity index (χ3v) is 4.18. The number of rotatable bonds is 2. The predicted molar refractivity (Wildman–Crippen MR) is 87.0 cm³/mol. The summed E-state index contributed by atoms with van der Waals surface area (Å²) in [4.78, 5) is 6.42. The molecule has 2 aliphatic rings. The second-order valence-corrected chi connectivity index (χ2v) is 5.60. The quantitative estimate of drug-likeness (QED) is 0.868. The molecule has 0 amide bonds. The van der Waals surface area contributed by atoms with Crippen molar-refractivity contribution in [1.29, 1.82) is 0 Å². The molecule has 0 aromatic heterocycles. The summed E-state index contributed by atoms with van der Waals surface area (Å²) >= 11 is 0. The Hall–Kier alpha value is -2.17. The van der Waals surface area contributed by atoms with Gasteiger partial charge in [0.25, 0.3) is 0 Å². The van der Waals surface area contributed by atoms with Crippen molar-refractivity contribution < 1.29 is 0 Å². The maximum Gasteiger partial charge on any atom is 0.199 e. The third kappa shape index (κ3) is 2.68. The van der Waals surface area contributed by atoms with Crippen molar-refractivity contribution in [2.24, 2.45) is 4.99 Å². The molecule has 0 saturated heterocycles. The second kappa shape index (κ2) is 5.68. The van der Waals surface area contributed by atoms with Gasteiger partial charge in [-0.15, -0.1) is 0 Å². The smallest absolute Gasteiger partial charge is 0.199 e. The summed E-state index contributed by atoms with van der Waals surface area (Å²) in [6, 6.07) is 8.90. The lowest BCUT2D eigenvalue weighted by atomic mass is 10.0. The molecule has 2 heterocycles. The molecule has 5 heteroatoms. The van der Waals surface area contributed by atoms with Gasteiger partial charge in [0.2, 0.25) is 0 Å². The number of fused-ring (bicyclic) bond motifs is 1. The fraction of sp³-hybridized carbons (Fsp3) is 0.438.